The van der Waals surface area contributed by atoms with E-state index in [1.165, 1.54) is 0 Å². The number of carbonyl (C=O) groups excluding carboxylic acids is 1. The van der Waals surface area contributed by atoms with E-state index in [-0.39, 0.29) is 12.5 Å². The van der Waals surface area contributed by atoms with Crippen molar-refractivity contribution < 1.29 is 9.90 Å². The molecule has 1 aliphatic carbocycles. The summed E-state index contributed by atoms with van der Waals surface area (Å²) in [6.45, 7) is 4.94. The molecule has 0 heterocycles. The van der Waals surface area contributed by atoms with Crippen LogP contribution in [0.3, 0.4) is 0 Å². The first-order chi connectivity index (χ1) is 10.2. The molecule has 2 rings (SSSR count). The van der Waals surface area contributed by atoms with Gasteiger partial charge in [0, 0.05) is 30.1 Å². The third kappa shape index (κ3) is 3.86. The molecule has 0 saturated heterocycles. The molecule has 0 bridgehead atoms. The maximum absolute atomic E-state index is 12.8. The largest absolute Gasteiger partial charge is 0.395 e. The molecule has 1 fully saturated rings. The van der Waals surface area contributed by atoms with Crippen LogP contribution in [0.25, 0.3) is 0 Å². The molecule has 1 amide bonds. The molecule has 112 valence electrons. The Morgan fingerprint density at radius 1 is 1.43 bits per heavy atom. The van der Waals surface area contributed by atoms with Crippen LogP contribution in [-0.2, 0) is 0 Å². The molecule has 0 aliphatic heterocycles. The van der Waals surface area contributed by atoms with E-state index in [1.54, 1.807) is 0 Å². The van der Waals surface area contributed by atoms with Gasteiger partial charge in [0.2, 0.25) is 0 Å². The molecule has 0 aromatic heterocycles. The summed E-state index contributed by atoms with van der Waals surface area (Å²) in [6.07, 6.45) is 3.69. The van der Waals surface area contributed by atoms with Crippen molar-refractivity contribution in [3.63, 3.8) is 0 Å². The Hall–Kier alpha value is -1.79. The number of nitrogens with zero attached hydrogens (tertiary/aromatic N) is 1. The lowest BCUT2D eigenvalue weighted by atomic mass is 10.0. The molecular formula is C18H23NO2. The summed E-state index contributed by atoms with van der Waals surface area (Å²) in [5.41, 5.74) is 2.57. The number of hydrogen-bond donors (Lipinski definition) is 1. The second-order valence-corrected chi connectivity index (χ2v) is 5.48. The number of rotatable bonds is 5. The lowest BCUT2D eigenvalue weighted by molar-refractivity contribution is 0.0742. The number of carbonyl (C=O) groups is 1. The monoisotopic (exact) mass is 285 g/mol. The first kappa shape index (κ1) is 15.6. The quantitative estimate of drug-likeness (QED) is 0.845. The van der Waals surface area contributed by atoms with Crippen LogP contribution in [0.2, 0.25) is 0 Å². The van der Waals surface area contributed by atoms with Crippen LogP contribution in [0.4, 0.5) is 0 Å². The lowest BCUT2D eigenvalue weighted by Gasteiger charge is -2.23. The van der Waals surface area contributed by atoms with Crippen LogP contribution in [-0.4, -0.2) is 35.1 Å². The van der Waals surface area contributed by atoms with E-state index in [0.717, 1.165) is 42.5 Å². The van der Waals surface area contributed by atoms with E-state index in [1.807, 2.05) is 30.0 Å². The Kier molecular flexibility index (Phi) is 5.41. The van der Waals surface area contributed by atoms with E-state index in [2.05, 4.69) is 18.8 Å². The number of benzene rings is 1. The highest BCUT2D eigenvalue weighted by Crippen LogP contribution is 2.29. The molecule has 3 heteroatoms. The normalized spacial score (nSPS) is 13.5. The van der Waals surface area contributed by atoms with Crippen molar-refractivity contribution in [3.8, 4) is 11.8 Å². The fourth-order valence-corrected chi connectivity index (χ4v) is 2.45. The molecule has 21 heavy (non-hydrogen) atoms. The van der Waals surface area contributed by atoms with E-state index in [0.29, 0.717) is 12.5 Å². The average Bonchev–Trinajstić information content (AvgIpc) is 3.31. The molecule has 1 saturated carbocycles. The van der Waals surface area contributed by atoms with Crippen LogP contribution in [0.1, 0.15) is 54.1 Å². The predicted molar refractivity (Wildman–Crippen MR) is 84.1 cm³/mol. The Labute approximate surface area is 127 Å². The zero-order chi connectivity index (χ0) is 15.2. The van der Waals surface area contributed by atoms with Crippen LogP contribution in [0.5, 0.6) is 0 Å². The van der Waals surface area contributed by atoms with Gasteiger partial charge >= 0.3 is 0 Å². The number of aliphatic hydroxyl groups is 1. The zero-order valence-corrected chi connectivity index (χ0v) is 12.9. The minimum atomic E-state index is 0.0661. The Bertz CT molecular complexity index is 564. The summed E-state index contributed by atoms with van der Waals surface area (Å²) >= 11 is 0. The van der Waals surface area contributed by atoms with E-state index < -0.39 is 0 Å². The summed E-state index contributed by atoms with van der Waals surface area (Å²) in [5, 5.41) is 8.79. The van der Waals surface area contributed by atoms with Gasteiger partial charge in [0.05, 0.1) is 6.61 Å². The van der Waals surface area contributed by atoms with Crippen molar-refractivity contribution in [1.82, 2.24) is 4.90 Å². The predicted octanol–water partition coefficient (Wildman–Crippen LogP) is 2.74. The molecule has 0 radical (unpaired) electrons. The molecule has 3 nitrogen and oxygen atoms in total. The van der Waals surface area contributed by atoms with Crippen molar-refractivity contribution in [2.45, 2.75) is 45.6 Å². The van der Waals surface area contributed by atoms with Gasteiger partial charge in [0.1, 0.15) is 0 Å². The van der Waals surface area contributed by atoms with Gasteiger partial charge in [-0.2, -0.15) is 0 Å². The zero-order valence-electron chi connectivity index (χ0n) is 12.9. The molecular weight excluding hydrogens is 262 g/mol. The Balaban J connectivity index is 2.25. The highest BCUT2D eigenvalue weighted by atomic mass is 16.2. The SMILES string of the molecule is CCCN(C(=O)c1cccc(C#CCCO)c1C)C1CC1. The second-order valence-electron chi connectivity index (χ2n) is 5.48. The van der Waals surface area contributed by atoms with Crippen LogP contribution < -0.4 is 0 Å². The summed E-state index contributed by atoms with van der Waals surface area (Å²) in [6, 6.07) is 6.14. The number of aliphatic hydroxyl groups excluding tert-OH is 1. The average molecular weight is 285 g/mol. The van der Waals surface area contributed by atoms with Gasteiger partial charge in [-0.25, -0.2) is 0 Å². The maximum atomic E-state index is 12.8. The Morgan fingerprint density at radius 3 is 2.81 bits per heavy atom. The minimum absolute atomic E-state index is 0.0661. The summed E-state index contributed by atoms with van der Waals surface area (Å²) in [4.78, 5) is 14.8. The van der Waals surface area contributed by atoms with Crippen LogP contribution in [0, 0.1) is 18.8 Å². The van der Waals surface area contributed by atoms with Gasteiger partial charge < -0.3 is 10.0 Å². The van der Waals surface area contributed by atoms with Gasteiger partial charge in [-0.05, 0) is 43.9 Å². The summed E-state index contributed by atoms with van der Waals surface area (Å²) in [7, 11) is 0. The van der Waals surface area contributed by atoms with Crippen molar-refractivity contribution in [2.24, 2.45) is 0 Å². The molecule has 0 atom stereocenters. The van der Waals surface area contributed by atoms with E-state index >= 15 is 0 Å². The van der Waals surface area contributed by atoms with Gasteiger partial charge in [0.15, 0.2) is 0 Å². The summed E-state index contributed by atoms with van der Waals surface area (Å²) < 4.78 is 0. The second kappa shape index (κ2) is 7.28. The smallest absolute Gasteiger partial charge is 0.254 e. The first-order valence-electron chi connectivity index (χ1n) is 7.69. The Morgan fingerprint density at radius 2 is 2.19 bits per heavy atom. The van der Waals surface area contributed by atoms with E-state index in [4.69, 9.17) is 5.11 Å². The topological polar surface area (TPSA) is 40.5 Å². The molecule has 1 aromatic rings. The van der Waals surface area contributed by atoms with Gasteiger partial charge in [-0.1, -0.05) is 24.8 Å². The minimum Gasteiger partial charge on any atom is -0.395 e. The third-order valence-corrected chi connectivity index (χ3v) is 3.74. The summed E-state index contributed by atoms with van der Waals surface area (Å²) in [5.74, 6) is 6.09. The molecule has 1 aliphatic rings. The number of hydrogen-bond acceptors (Lipinski definition) is 2. The van der Waals surface area contributed by atoms with E-state index in [9.17, 15) is 4.79 Å². The van der Waals surface area contributed by atoms with Crippen LogP contribution in [0.15, 0.2) is 18.2 Å². The van der Waals surface area contributed by atoms with Crippen molar-refractivity contribution in [2.75, 3.05) is 13.2 Å². The fraction of sp³-hybridized carbons (Fsp3) is 0.500. The standard InChI is InChI=1S/C18H23NO2/c1-3-12-19(16-10-11-16)18(21)17-9-6-8-15(14(17)2)7-4-5-13-20/h6,8-9,16,20H,3,5,10-13H2,1-2H3. The lowest BCUT2D eigenvalue weighted by Crippen LogP contribution is -2.34. The highest BCUT2D eigenvalue weighted by Gasteiger charge is 2.32. The van der Waals surface area contributed by atoms with Crippen molar-refractivity contribution in [1.29, 1.82) is 0 Å². The molecule has 1 aromatic carbocycles. The van der Waals surface area contributed by atoms with Crippen molar-refractivity contribution >= 4 is 5.91 Å². The maximum Gasteiger partial charge on any atom is 0.254 e. The first-order valence-corrected chi connectivity index (χ1v) is 7.69. The van der Waals surface area contributed by atoms with Crippen LogP contribution >= 0.6 is 0 Å². The highest BCUT2D eigenvalue weighted by molar-refractivity contribution is 5.96. The molecule has 1 N–H and O–H groups in total. The van der Waals surface area contributed by atoms with Gasteiger partial charge in [-0.15, -0.1) is 0 Å². The molecule has 0 unspecified atom stereocenters. The van der Waals surface area contributed by atoms with Gasteiger partial charge in [0.25, 0.3) is 5.91 Å². The van der Waals surface area contributed by atoms with Crippen molar-refractivity contribution in [3.05, 3.63) is 34.9 Å². The molecule has 0 spiro atoms. The number of amides is 1. The third-order valence-electron chi connectivity index (χ3n) is 3.74. The van der Waals surface area contributed by atoms with Gasteiger partial charge in [-0.3, -0.25) is 4.79 Å². The fourth-order valence-electron chi connectivity index (χ4n) is 2.45.